The lowest BCUT2D eigenvalue weighted by Crippen LogP contribution is -2.40. The minimum Gasteiger partial charge on any atom is -0.424 e. The fourth-order valence-electron chi connectivity index (χ4n) is 2.64. The van der Waals surface area contributed by atoms with E-state index < -0.39 is 11.6 Å². The van der Waals surface area contributed by atoms with Gasteiger partial charge in [-0.15, -0.1) is 12.4 Å². The third-order valence-electron chi connectivity index (χ3n) is 4.05. The van der Waals surface area contributed by atoms with Gasteiger partial charge in [0.25, 0.3) is 0 Å². The van der Waals surface area contributed by atoms with Crippen molar-refractivity contribution in [1.82, 2.24) is 0 Å². The zero-order valence-electron chi connectivity index (χ0n) is 14.3. The number of carbonyl (C=O) groups is 1. The average Bonchev–Trinajstić information content (AvgIpc) is 2.69. The van der Waals surface area contributed by atoms with Crippen molar-refractivity contribution in [2.45, 2.75) is 5.60 Å². The Kier molecular flexibility index (Phi) is 6.34. The highest BCUT2D eigenvalue weighted by Crippen LogP contribution is 2.31. The van der Waals surface area contributed by atoms with Crippen LogP contribution in [0, 0.1) is 5.41 Å². The Labute approximate surface area is 163 Å². The zero-order chi connectivity index (χ0) is 18.6. The van der Waals surface area contributed by atoms with E-state index in [1.54, 1.807) is 72.8 Å². The second-order valence-electron chi connectivity index (χ2n) is 5.77. The minimum atomic E-state index is -1.94. The highest BCUT2D eigenvalue weighted by Gasteiger charge is 2.41. The first-order chi connectivity index (χ1) is 12.5. The van der Waals surface area contributed by atoms with Crippen LogP contribution in [0.25, 0.3) is 0 Å². The van der Waals surface area contributed by atoms with E-state index in [-0.39, 0.29) is 24.0 Å². The van der Waals surface area contributed by atoms with Crippen LogP contribution >= 0.6 is 12.4 Å². The Balaban J connectivity index is 0.00000261. The molecule has 0 radical (unpaired) electrons. The van der Waals surface area contributed by atoms with Crippen molar-refractivity contribution in [3.63, 3.8) is 0 Å². The van der Waals surface area contributed by atoms with Gasteiger partial charge in [-0.25, -0.2) is 4.79 Å². The molecule has 3 aromatic rings. The lowest BCUT2D eigenvalue weighted by Gasteiger charge is -2.27. The highest BCUT2D eigenvalue weighted by atomic mass is 35.5. The summed E-state index contributed by atoms with van der Waals surface area (Å²) < 4.78 is 5.42. The molecule has 0 aliphatic carbocycles. The van der Waals surface area contributed by atoms with Crippen LogP contribution in [-0.2, 0) is 10.4 Å². The standard InChI is InChI=1S/C21H18N2O3.ClH/c22-19(23)15-11-13-18(14-12-15)26-20(24)21(25,16-7-3-1-4-8-16)17-9-5-2-6-10-17;/h1-14,25H,(H3,22,23);1H. The maximum Gasteiger partial charge on any atom is 0.353 e. The van der Waals surface area contributed by atoms with Gasteiger partial charge in [-0.1, -0.05) is 60.7 Å². The maximum absolute atomic E-state index is 12.9. The summed E-state index contributed by atoms with van der Waals surface area (Å²) in [5.41, 5.74) is 4.83. The normalized spacial score (nSPS) is 10.6. The number of benzene rings is 3. The van der Waals surface area contributed by atoms with E-state index in [0.717, 1.165) is 0 Å². The lowest BCUT2D eigenvalue weighted by molar-refractivity contribution is -0.152. The molecule has 6 heteroatoms. The molecule has 0 aliphatic rings. The molecule has 0 unspecified atom stereocenters. The highest BCUT2D eigenvalue weighted by molar-refractivity contribution is 5.95. The number of amidine groups is 1. The first-order valence-corrected chi connectivity index (χ1v) is 8.02. The SMILES string of the molecule is Cl.N=C(N)c1ccc(OC(=O)C(O)(c2ccccc2)c2ccccc2)cc1. The van der Waals surface area contributed by atoms with Gasteiger partial charge in [-0.05, 0) is 35.4 Å². The number of aliphatic hydroxyl groups is 1. The number of ether oxygens (including phenoxy) is 1. The number of carbonyl (C=O) groups excluding carboxylic acids is 1. The number of halogens is 1. The molecular formula is C21H19ClN2O3. The van der Waals surface area contributed by atoms with Crippen LogP contribution in [0.2, 0.25) is 0 Å². The Hall–Kier alpha value is -3.15. The summed E-state index contributed by atoms with van der Waals surface area (Å²) >= 11 is 0. The van der Waals surface area contributed by atoms with Crippen LogP contribution in [0.3, 0.4) is 0 Å². The summed E-state index contributed by atoms with van der Waals surface area (Å²) in [6.07, 6.45) is 0. The Morgan fingerprint density at radius 3 is 1.70 bits per heavy atom. The molecule has 0 saturated carbocycles. The molecule has 0 spiro atoms. The van der Waals surface area contributed by atoms with E-state index >= 15 is 0 Å². The van der Waals surface area contributed by atoms with E-state index in [1.807, 2.05) is 0 Å². The number of nitrogen functional groups attached to an aromatic ring is 1. The Morgan fingerprint density at radius 2 is 1.30 bits per heavy atom. The Bertz CT molecular complexity index is 874. The zero-order valence-corrected chi connectivity index (χ0v) is 15.1. The molecule has 4 N–H and O–H groups in total. The quantitative estimate of drug-likeness (QED) is 0.273. The smallest absolute Gasteiger partial charge is 0.353 e. The number of hydrogen-bond acceptors (Lipinski definition) is 4. The molecular weight excluding hydrogens is 364 g/mol. The van der Waals surface area contributed by atoms with Gasteiger partial charge in [0.2, 0.25) is 5.60 Å². The number of hydrogen-bond donors (Lipinski definition) is 3. The molecule has 5 nitrogen and oxygen atoms in total. The largest absolute Gasteiger partial charge is 0.424 e. The first-order valence-electron chi connectivity index (χ1n) is 8.02. The molecule has 0 amide bonds. The van der Waals surface area contributed by atoms with Gasteiger partial charge in [0.15, 0.2) is 0 Å². The molecule has 0 saturated heterocycles. The third kappa shape index (κ3) is 4.16. The minimum absolute atomic E-state index is 0. The molecule has 0 aliphatic heterocycles. The monoisotopic (exact) mass is 382 g/mol. The van der Waals surface area contributed by atoms with Gasteiger partial charge in [0.05, 0.1) is 0 Å². The molecule has 27 heavy (non-hydrogen) atoms. The summed E-state index contributed by atoms with van der Waals surface area (Å²) in [6, 6.07) is 23.5. The van der Waals surface area contributed by atoms with Gasteiger partial charge in [-0.2, -0.15) is 0 Å². The summed E-state index contributed by atoms with van der Waals surface area (Å²) in [7, 11) is 0. The van der Waals surface area contributed by atoms with Crippen LogP contribution in [0.1, 0.15) is 16.7 Å². The second-order valence-corrected chi connectivity index (χ2v) is 5.77. The summed E-state index contributed by atoms with van der Waals surface area (Å²) in [5.74, 6) is -0.635. The van der Waals surface area contributed by atoms with Crippen molar-refractivity contribution in [2.75, 3.05) is 0 Å². The van der Waals surface area contributed by atoms with Gasteiger partial charge < -0.3 is 15.6 Å². The lowest BCUT2D eigenvalue weighted by atomic mass is 9.86. The third-order valence-corrected chi connectivity index (χ3v) is 4.05. The van der Waals surface area contributed by atoms with Crippen molar-refractivity contribution in [3.8, 4) is 5.75 Å². The van der Waals surface area contributed by atoms with Gasteiger partial charge in [0.1, 0.15) is 11.6 Å². The molecule has 0 bridgehead atoms. The van der Waals surface area contributed by atoms with E-state index in [2.05, 4.69) is 0 Å². The average molecular weight is 383 g/mol. The Morgan fingerprint density at radius 1 is 0.852 bits per heavy atom. The van der Waals surface area contributed by atoms with Crippen molar-refractivity contribution in [2.24, 2.45) is 5.73 Å². The van der Waals surface area contributed by atoms with Crippen molar-refractivity contribution in [1.29, 1.82) is 5.41 Å². The molecule has 3 rings (SSSR count). The summed E-state index contributed by atoms with van der Waals surface area (Å²) in [5, 5.41) is 18.7. The first kappa shape index (κ1) is 20.2. The van der Waals surface area contributed by atoms with Gasteiger partial charge in [0, 0.05) is 5.56 Å². The molecule has 138 valence electrons. The van der Waals surface area contributed by atoms with Crippen molar-refractivity contribution >= 4 is 24.2 Å². The van der Waals surface area contributed by atoms with Crippen LogP contribution in [0.5, 0.6) is 5.75 Å². The fourth-order valence-corrected chi connectivity index (χ4v) is 2.64. The fraction of sp³-hybridized carbons (Fsp3) is 0.0476. The number of nitrogens with two attached hydrogens (primary N) is 1. The maximum atomic E-state index is 12.9. The summed E-state index contributed by atoms with van der Waals surface area (Å²) in [4.78, 5) is 12.9. The van der Waals surface area contributed by atoms with E-state index in [0.29, 0.717) is 16.7 Å². The van der Waals surface area contributed by atoms with E-state index in [1.165, 1.54) is 12.1 Å². The van der Waals surface area contributed by atoms with E-state index in [4.69, 9.17) is 15.9 Å². The van der Waals surface area contributed by atoms with E-state index in [9.17, 15) is 9.90 Å². The number of rotatable bonds is 5. The second kappa shape index (κ2) is 8.49. The van der Waals surface area contributed by atoms with Crippen LogP contribution in [-0.4, -0.2) is 16.9 Å². The number of nitrogens with one attached hydrogen (secondary N) is 1. The summed E-state index contributed by atoms with van der Waals surface area (Å²) in [6.45, 7) is 0. The van der Waals surface area contributed by atoms with Crippen molar-refractivity contribution in [3.05, 3.63) is 102 Å². The van der Waals surface area contributed by atoms with Gasteiger partial charge in [-0.3, -0.25) is 5.41 Å². The predicted molar refractivity (Wildman–Crippen MR) is 106 cm³/mol. The molecule has 0 fully saturated rings. The number of esters is 1. The molecule has 3 aromatic carbocycles. The molecule has 0 atom stereocenters. The molecule has 0 heterocycles. The van der Waals surface area contributed by atoms with Crippen molar-refractivity contribution < 1.29 is 14.6 Å². The van der Waals surface area contributed by atoms with Gasteiger partial charge >= 0.3 is 5.97 Å². The molecule has 0 aromatic heterocycles. The predicted octanol–water partition coefficient (Wildman–Crippen LogP) is 3.23. The van der Waals surface area contributed by atoms with Crippen LogP contribution < -0.4 is 10.5 Å². The van der Waals surface area contributed by atoms with Crippen LogP contribution in [0.4, 0.5) is 0 Å². The van der Waals surface area contributed by atoms with Crippen LogP contribution in [0.15, 0.2) is 84.9 Å². The topological polar surface area (TPSA) is 96.4 Å².